The van der Waals surface area contributed by atoms with Crippen molar-refractivity contribution in [1.82, 2.24) is 19.7 Å². The molecule has 24 heavy (non-hydrogen) atoms. The molecule has 0 unspecified atom stereocenters. The van der Waals surface area contributed by atoms with Crippen molar-refractivity contribution < 1.29 is 4.42 Å². The first-order chi connectivity index (χ1) is 11.8. The van der Waals surface area contributed by atoms with Gasteiger partial charge in [-0.15, -0.1) is 5.10 Å². The molecule has 0 atom stereocenters. The third-order valence-corrected chi connectivity index (χ3v) is 4.87. The number of aryl methyl sites for hydroxylation is 2. The van der Waals surface area contributed by atoms with Gasteiger partial charge >= 0.3 is 6.01 Å². The van der Waals surface area contributed by atoms with Crippen LogP contribution in [-0.4, -0.2) is 32.8 Å². The summed E-state index contributed by atoms with van der Waals surface area (Å²) >= 11 is 0. The Bertz CT molecular complexity index is 829. The van der Waals surface area contributed by atoms with Crippen molar-refractivity contribution in [3.05, 3.63) is 36.0 Å². The molecule has 3 aromatic rings. The molecule has 1 aliphatic heterocycles. The standard InChI is InChI=1S/C18H23N5O/c1-3-6-16-20-21-18(24-16)23-11-9-13(10-12-23)17-19-14-7-4-5-8-15(14)22(17)2/h4-5,7-8,13H,3,6,9-12H2,1-2H3. The summed E-state index contributed by atoms with van der Waals surface area (Å²) in [5.74, 6) is 2.41. The Hall–Kier alpha value is -2.37. The van der Waals surface area contributed by atoms with Gasteiger partial charge in [-0.1, -0.05) is 24.2 Å². The van der Waals surface area contributed by atoms with E-state index in [1.807, 2.05) is 6.07 Å². The topological polar surface area (TPSA) is 60.0 Å². The number of benzene rings is 1. The molecule has 0 radical (unpaired) electrons. The number of hydrogen-bond acceptors (Lipinski definition) is 5. The second kappa shape index (κ2) is 6.26. The SMILES string of the molecule is CCCc1nnc(N2CCC(c3nc4ccccc4n3C)CC2)o1. The van der Waals surface area contributed by atoms with Gasteiger partial charge in [0.2, 0.25) is 5.89 Å². The zero-order valence-electron chi connectivity index (χ0n) is 14.3. The highest BCUT2D eigenvalue weighted by Crippen LogP contribution is 2.31. The van der Waals surface area contributed by atoms with Crippen LogP contribution < -0.4 is 4.90 Å². The van der Waals surface area contributed by atoms with Crippen LogP contribution >= 0.6 is 0 Å². The van der Waals surface area contributed by atoms with Gasteiger partial charge in [-0.2, -0.15) is 0 Å². The fourth-order valence-electron chi connectivity index (χ4n) is 3.55. The van der Waals surface area contributed by atoms with Crippen molar-refractivity contribution >= 4 is 17.0 Å². The van der Waals surface area contributed by atoms with E-state index in [1.54, 1.807) is 0 Å². The molecule has 6 heteroatoms. The summed E-state index contributed by atoms with van der Waals surface area (Å²) in [6.07, 6.45) is 3.99. The molecule has 126 valence electrons. The first-order valence-electron chi connectivity index (χ1n) is 8.75. The van der Waals surface area contributed by atoms with Crippen molar-refractivity contribution in [2.24, 2.45) is 7.05 Å². The van der Waals surface area contributed by atoms with Crippen LogP contribution in [0.15, 0.2) is 28.7 Å². The predicted molar refractivity (Wildman–Crippen MR) is 93.2 cm³/mol. The average Bonchev–Trinajstić information content (AvgIpc) is 3.21. The van der Waals surface area contributed by atoms with Crippen LogP contribution in [-0.2, 0) is 13.5 Å². The van der Waals surface area contributed by atoms with Gasteiger partial charge in [-0.3, -0.25) is 0 Å². The number of anilines is 1. The Balaban J connectivity index is 1.47. The highest BCUT2D eigenvalue weighted by molar-refractivity contribution is 5.75. The third-order valence-electron chi connectivity index (χ3n) is 4.87. The smallest absolute Gasteiger partial charge is 0.318 e. The molecule has 1 saturated heterocycles. The van der Waals surface area contributed by atoms with E-state index in [1.165, 1.54) is 11.3 Å². The highest BCUT2D eigenvalue weighted by atomic mass is 16.4. The maximum Gasteiger partial charge on any atom is 0.318 e. The van der Waals surface area contributed by atoms with Crippen molar-refractivity contribution in [1.29, 1.82) is 0 Å². The van der Waals surface area contributed by atoms with Gasteiger partial charge in [0.1, 0.15) is 5.82 Å². The number of hydrogen-bond donors (Lipinski definition) is 0. The number of fused-ring (bicyclic) bond motifs is 1. The molecule has 6 nitrogen and oxygen atoms in total. The molecule has 1 aromatic carbocycles. The maximum atomic E-state index is 5.76. The minimum Gasteiger partial charge on any atom is -0.408 e. The van der Waals surface area contributed by atoms with Gasteiger partial charge < -0.3 is 13.9 Å². The molecule has 3 heterocycles. The van der Waals surface area contributed by atoms with Crippen LogP contribution in [0.1, 0.15) is 43.8 Å². The zero-order valence-corrected chi connectivity index (χ0v) is 14.3. The molecule has 0 spiro atoms. The summed E-state index contributed by atoms with van der Waals surface area (Å²) in [5, 5.41) is 8.32. The molecule has 1 aliphatic rings. The molecule has 0 saturated carbocycles. The summed E-state index contributed by atoms with van der Waals surface area (Å²) < 4.78 is 8.00. The summed E-state index contributed by atoms with van der Waals surface area (Å²) in [6.45, 7) is 3.98. The van der Waals surface area contributed by atoms with Crippen molar-refractivity contribution in [3.8, 4) is 0 Å². The number of nitrogens with zero attached hydrogens (tertiary/aromatic N) is 5. The lowest BCUT2D eigenvalue weighted by Crippen LogP contribution is -2.33. The van der Waals surface area contributed by atoms with Crippen molar-refractivity contribution in [2.45, 2.75) is 38.5 Å². The molecule has 0 amide bonds. The fourth-order valence-corrected chi connectivity index (χ4v) is 3.55. The van der Waals surface area contributed by atoms with E-state index in [9.17, 15) is 0 Å². The van der Waals surface area contributed by atoms with Crippen molar-refractivity contribution in [2.75, 3.05) is 18.0 Å². The molecule has 4 rings (SSSR count). The lowest BCUT2D eigenvalue weighted by Gasteiger charge is -2.30. The lowest BCUT2D eigenvalue weighted by molar-refractivity contribution is 0.429. The van der Waals surface area contributed by atoms with Gasteiger partial charge in [0.25, 0.3) is 0 Å². The van der Waals surface area contributed by atoms with Crippen LogP contribution in [0.3, 0.4) is 0 Å². The van der Waals surface area contributed by atoms with Crippen molar-refractivity contribution in [3.63, 3.8) is 0 Å². The zero-order chi connectivity index (χ0) is 16.5. The van der Waals surface area contributed by atoms with E-state index >= 15 is 0 Å². The van der Waals surface area contributed by atoms with Gasteiger partial charge in [0.05, 0.1) is 11.0 Å². The summed E-state index contributed by atoms with van der Waals surface area (Å²) in [4.78, 5) is 7.05. The number of piperidine rings is 1. The molecular weight excluding hydrogens is 302 g/mol. The van der Waals surface area contributed by atoms with E-state index in [4.69, 9.17) is 9.40 Å². The highest BCUT2D eigenvalue weighted by Gasteiger charge is 2.26. The molecule has 0 bridgehead atoms. The van der Waals surface area contributed by atoms with Gasteiger partial charge in [-0.25, -0.2) is 4.98 Å². The number of aromatic nitrogens is 4. The van der Waals surface area contributed by atoms with E-state index in [0.717, 1.165) is 50.2 Å². The van der Waals surface area contributed by atoms with Crippen LogP contribution in [0.5, 0.6) is 0 Å². The second-order valence-electron chi connectivity index (χ2n) is 6.51. The minimum atomic E-state index is 0.483. The summed E-state index contributed by atoms with van der Waals surface area (Å²) in [5.41, 5.74) is 2.29. The summed E-state index contributed by atoms with van der Waals surface area (Å²) in [7, 11) is 2.12. The Morgan fingerprint density at radius 1 is 1.17 bits per heavy atom. The molecule has 1 fully saturated rings. The molecule has 0 N–H and O–H groups in total. The van der Waals surface area contributed by atoms with E-state index in [2.05, 4.69) is 51.8 Å². The Morgan fingerprint density at radius 3 is 2.71 bits per heavy atom. The first kappa shape index (κ1) is 15.2. The number of imidazole rings is 1. The Labute approximate surface area is 141 Å². The lowest BCUT2D eigenvalue weighted by atomic mass is 9.96. The number of rotatable bonds is 4. The first-order valence-corrected chi connectivity index (χ1v) is 8.75. The number of para-hydroxylation sites is 2. The average molecular weight is 325 g/mol. The minimum absolute atomic E-state index is 0.483. The second-order valence-corrected chi connectivity index (χ2v) is 6.51. The maximum absolute atomic E-state index is 5.76. The Morgan fingerprint density at radius 2 is 1.96 bits per heavy atom. The fraction of sp³-hybridized carbons (Fsp3) is 0.500. The Kier molecular flexibility index (Phi) is 3.96. The predicted octanol–water partition coefficient (Wildman–Crippen LogP) is 3.29. The van der Waals surface area contributed by atoms with E-state index < -0.39 is 0 Å². The third kappa shape index (κ3) is 2.66. The van der Waals surface area contributed by atoms with Crippen LogP contribution in [0.2, 0.25) is 0 Å². The van der Waals surface area contributed by atoms with Crippen LogP contribution in [0.25, 0.3) is 11.0 Å². The molecule has 2 aromatic heterocycles. The monoisotopic (exact) mass is 325 g/mol. The van der Waals surface area contributed by atoms with Gasteiger partial charge in [0, 0.05) is 32.5 Å². The van der Waals surface area contributed by atoms with Gasteiger partial charge in [-0.05, 0) is 31.4 Å². The van der Waals surface area contributed by atoms with E-state index in [-0.39, 0.29) is 0 Å². The largest absolute Gasteiger partial charge is 0.408 e. The van der Waals surface area contributed by atoms with Gasteiger partial charge in [0.15, 0.2) is 0 Å². The van der Waals surface area contributed by atoms with E-state index in [0.29, 0.717) is 11.9 Å². The van der Waals surface area contributed by atoms with Crippen LogP contribution in [0, 0.1) is 0 Å². The molecular formula is C18H23N5O. The normalized spacial score (nSPS) is 16.2. The van der Waals surface area contributed by atoms with Crippen LogP contribution in [0.4, 0.5) is 6.01 Å². The summed E-state index contributed by atoms with van der Waals surface area (Å²) in [6, 6.07) is 9.00. The molecule has 0 aliphatic carbocycles. The quantitative estimate of drug-likeness (QED) is 0.736.